The van der Waals surface area contributed by atoms with Crippen LogP contribution in [0.25, 0.3) is 11.0 Å². The lowest BCUT2D eigenvalue weighted by Gasteiger charge is -2.16. The first-order valence-electron chi connectivity index (χ1n) is 6.73. The van der Waals surface area contributed by atoms with E-state index in [-0.39, 0.29) is 5.92 Å². The van der Waals surface area contributed by atoms with Crippen molar-refractivity contribution in [1.82, 2.24) is 20.5 Å². The van der Waals surface area contributed by atoms with E-state index in [2.05, 4.69) is 20.5 Å². The van der Waals surface area contributed by atoms with Crippen molar-refractivity contribution in [3.63, 3.8) is 0 Å². The monoisotopic (exact) mass is 290 g/mol. The number of aliphatic carboxylic acids is 1. The quantitative estimate of drug-likeness (QED) is 0.773. The van der Waals surface area contributed by atoms with Crippen LogP contribution in [0.5, 0.6) is 0 Å². The van der Waals surface area contributed by atoms with Crippen LogP contribution in [0.4, 0.5) is 0 Å². The van der Waals surface area contributed by atoms with Crippen molar-refractivity contribution in [3.05, 3.63) is 23.5 Å². The molecule has 0 aromatic carbocycles. The minimum Gasteiger partial charge on any atom is -0.480 e. The van der Waals surface area contributed by atoms with Gasteiger partial charge in [-0.05, 0) is 25.3 Å². The van der Waals surface area contributed by atoms with Crippen LogP contribution < -0.4 is 5.32 Å². The summed E-state index contributed by atoms with van der Waals surface area (Å²) in [5.74, 6) is -1.31. The molecule has 21 heavy (non-hydrogen) atoms. The normalized spacial score (nSPS) is 12.6. The molecule has 112 valence electrons. The number of aromatic nitrogens is 3. The van der Waals surface area contributed by atoms with E-state index in [1.165, 1.54) is 6.20 Å². The highest BCUT2D eigenvalue weighted by atomic mass is 16.4. The minimum atomic E-state index is -1.04. The molecule has 2 rings (SSSR count). The predicted molar refractivity (Wildman–Crippen MR) is 77.0 cm³/mol. The number of carbonyl (C=O) groups excluding carboxylic acids is 1. The number of carboxylic acids is 1. The number of rotatable bonds is 5. The van der Waals surface area contributed by atoms with Crippen molar-refractivity contribution in [1.29, 1.82) is 0 Å². The van der Waals surface area contributed by atoms with E-state index in [9.17, 15) is 9.59 Å². The fraction of sp³-hybridized carbons (Fsp3) is 0.429. The second kappa shape index (κ2) is 5.90. The summed E-state index contributed by atoms with van der Waals surface area (Å²) in [7, 11) is 0. The van der Waals surface area contributed by atoms with Gasteiger partial charge in [0.2, 0.25) is 0 Å². The Morgan fingerprint density at radius 2 is 2.14 bits per heavy atom. The lowest BCUT2D eigenvalue weighted by molar-refractivity contribution is -0.139. The van der Waals surface area contributed by atoms with Crippen molar-refractivity contribution < 1.29 is 14.7 Å². The molecule has 7 nitrogen and oxygen atoms in total. The van der Waals surface area contributed by atoms with Crippen molar-refractivity contribution in [2.75, 3.05) is 0 Å². The third-order valence-electron chi connectivity index (χ3n) is 3.17. The molecule has 0 bridgehead atoms. The molecular weight excluding hydrogens is 272 g/mol. The number of hydrogen-bond acceptors (Lipinski definition) is 4. The molecule has 2 aromatic heterocycles. The van der Waals surface area contributed by atoms with Gasteiger partial charge in [0.25, 0.3) is 5.91 Å². The Labute approximate surface area is 121 Å². The molecule has 0 spiro atoms. The maximum absolute atomic E-state index is 12.2. The van der Waals surface area contributed by atoms with E-state index in [1.54, 1.807) is 6.07 Å². The van der Waals surface area contributed by atoms with Crippen molar-refractivity contribution in [2.24, 2.45) is 5.92 Å². The summed E-state index contributed by atoms with van der Waals surface area (Å²) < 4.78 is 0. The molecule has 2 aromatic rings. The largest absolute Gasteiger partial charge is 0.480 e. The average Bonchev–Trinajstić information content (AvgIpc) is 2.78. The summed E-state index contributed by atoms with van der Waals surface area (Å²) in [5, 5.41) is 19.2. The maximum atomic E-state index is 12.2. The second-order valence-electron chi connectivity index (χ2n) is 5.44. The number of nitrogens with one attached hydrogen (secondary N) is 2. The van der Waals surface area contributed by atoms with E-state index in [4.69, 9.17) is 5.11 Å². The molecule has 0 fully saturated rings. The van der Waals surface area contributed by atoms with Gasteiger partial charge in [-0.1, -0.05) is 13.8 Å². The minimum absolute atomic E-state index is 0.170. The first-order valence-corrected chi connectivity index (χ1v) is 6.73. The molecular formula is C14H18N4O3. The van der Waals surface area contributed by atoms with Crippen molar-refractivity contribution in [2.45, 2.75) is 33.2 Å². The van der Waals surface area contributed by atoms with Crippen LogP contribution in [-0.2, 0) is 4.79 Å². The number of hydrogen-bond donors (Lipinski definition) is 3. The van der Waals surface area contributed by atoms with E-state index in [1.807, 2.05) is 20.8 Å². The molecule has 0 unspecified atom stereocenters. The Morgan fingerprint density at radius 1 is 1.43 bits per heavy atom. The fourth-order valence-electron chi connectivity index (χ4n) is 2.08. The number of H-pyrrole nitrogens is 1. The lowest BCUT2D eigenvalue weighted by atomic mass is 10.0. The van der Waals surface area contributed by atoms with Crippen LogP contribution in [0.1, 0.15) is 36.3 Å². The molecule has 0 aliphatic heterocycles. The molecule has 3 N–H and O–H groups in total. The Balaban J connectivity index is 2.20. The maximum Gasteiger partial charge on any atom is 0.326 e. The van der Waals surface area contributed by atoms with Crippen LogP contribution in [0, 0.1) is 12.8 Å². The Hall–Kier alpha value is -2.44. The summed E-state index contributed by atoms with van der Waals surface area (Å²) >= 11 is 0. The van der Waals surface area contributed by atoms with Gasteiger partial charge < -0.3 is 10.4 Å². The van der Waals surface area contributed by atoms with Gasteiger partial charge in [0, 0.05) is 17.3 Å². The third-order valence-corrected chi connectivity index (χ3v) is 3.17. The highest BCUT2D eigenvalue weighted by molar-refractivity contribution is 5.98. The predicted octanol–water partition coefficient (Wildman–Crippen LogP) is 1.50. The van der Waals surface area contributed by atoms with Crippen LogP contribution in [0.3, 0.4) is 0 Å². The Kier molecular flexibility index (Phi) is 4.21. The molecule has 7 heteroatoms. The summed E-state index contributed by atoms with van der Waals surface area (Å²) in [6.45, 7) is 5.65. The number of aryl methyl sites for hydroxylation is 1. The first-order chi connectivity index (χ1) is 9.88. The number of pyridine rings is 1. The number of fused-ring (bicyclic) bond motifs is 1. The molecule has 0 aliphatic rings. The van der Waals surface area contributed by atoms with Crippen LogP contribution >= 0.6 is 0 Å². The summed E-state index contributed by atoms with van der Waals surface area (Å²) in [6, 6.07) is 0.753. The Morgan fingerprint density at radius 3 is 2.76 bits per heavy atom. The van der Waals surface area contributed by atoms with Crippen molar-refractivity contribution >= 4 is 22.9 Å². The van der Waals surface area contributed by atoms with Gasteiger partial charge in [-0.25, -0.2) is 9.78 Å². The summed E-state index contributed by atoms with van der Waals surface area (Å²) in [4.78, 5) is 27.4. The number of carbonyl (C=O) groups is 2. The van der Waals surface area contributed by atoms with Gasteiger partial charge in [0.15, 0.2) is 5.65 Å². The number of carboxylic acid groups (broad SMARTS) is 1. The van der Waals surface area contributed by atoms with Gasteiger partial charge in [-0.15, -0.1) is 0 Å². The van der Waals surface area contributed by atoms with Gasteiger partial charge in [-0.2, -0.15) is 5.10 Å². The number of amides is 1. The molecule has 0 saturated heterocycles. The summed E-state index contributed by atoms with van der Waals surface area (Å²) in [6.07, 6.45) is 1.77. The summed E-state index contributed by atoms with van der Waals surface area (Å²) in [5.41, 5.74) is 1.66. The highest BCUT2D eigenvalue weighted by Gasteiger charge is 2.22. The smallest absolute Gasteiger partial charge is 0.326 e. The first kappa shape index (κ1) is 15.0. The van der Waals surface area contributed by atoms with E-state index >= 15 is 0 Å². The standard InChI is InChI=1S/C14H18N4O3/c1-7(2)4-11(14(20)21)16-13(19)9-5-10-8(3)17-18-12(10)15-6-9/h5-7,11H,4H2,1-3H3,(H,16,19)(H,20,21)(H,15,17,18)/t11-/m1/s1. The second-order valence-corrected chi connectivity index (χ2v) is 5.44. The molecule has 0 saturated carbocycles. The third kappa shape index (κ3) is 3.36. The van der Waals surface area contributed by atoms with Gasteiger partial charge in [0.1, 0.15) is 6.04 Å². The molecule has 2 heterocycles. The van der Waals surface area contributed by atoms with Crippen LogP contribution in [0.2, 0.25) is 0 Å². The zero-order chi connectivity index (χ0) is 15.6. The van der Waals surface area contributed by atoms with E-state index < -0.39 is 17.9 Å². The Bertz CT molecular complexity index is 678. The van der Waals surface area contributed by atoms with Crippen molar-refractivity contribution in [3.8, 4) is 0 Å². The van der Waals surface area contributed by atoms with Gasteiger partial charge >= 0.3 is 5.97 Å². The fourth-order valence-corrected chi connectivity index (χ4v) is 2.08. The zero-order valence-corrected chi connectivity index (χ0v) is 12.2. The van der Waals surface area contributed by atoms with Gasteiger partial charge in [0.05, 0.1) is 5.56 Å². The topological polar surface area (TPSA) is 108 Å². The molecule has 1 amide bonds. The number of aromatic amines is 1. The zero-order valence-electron chi connectivity index (χ0n) is 12.2. The highest BCUT2D eigenvalue weighted by Crippen LogP contribution is 2.15. The van der Waals surface area contributed by atoms with Crippen LogP contribution in [-0.4, -0.2) is 38.2 Å². The molecule has 1 atom stereocenters. The molecule has 0 aliphatic carbocycles. The SMILES string of the molecule is Cc1[nH]nc2ncc(C(=O)N[C@H](CC(C)C)C(=O)O)cc12. The van der Waals surface area contributed by atoms with Crippen LogP contribution in [0.15, 0.2) is 12.3 Å². The lowest BCUT2D eigenvalue weighted by Crippen LogP contribution is -2.41. The van der Waals surface area contributed by atoms with E-state index in [0.717, 1.165) is 11.1 Å². The number of nitrogens with zero attached hydrogens (tertiary/aromatic N) is 2. The average molecular weight is 290 g/mol. The molecule has 0 radical (unpaired) electrons. The van der Waals surface area contributed by atoms with Gasteiger partial charge in [-0.3, -0.25) is 9.89 Å². The van der Waals surface area contributed by atoms with E-state index in [0.29, 0.717) is 17.6 Å².